The Bertz CT molecular complexity index is 724. The molecule has 0 spiro atoms. The highest BCUT2D eigenvalue weighted by Crippen LogP contribution is 2.28. The summed E-state index contributed by atoms with van der Waals surface area (Å²) in [6.45, 7) is 0.660. The first-order valence-electron chi connectivity index (χ1n) is 5.76. The minimum atomic E-state index is 0.660. The zero-order chi connectivity index (χ0) is 13.2. The molecule has 0 saturated heterocycles. The lowest BCUT2D eigenvalue weighted by Gasteiger charge is -2.04. The van der Waals surface area contributed by atoms with Crippen LogP contribution >= 0.6 is 34.5 Å². The molecule has 1 heterocycles. The van der Waals surface area contributed by atoms with Crippen molar-refractivity contribution in [3.63, 3.8) is 0 Å². The Labute approximate surface area is 125 Å². The zero-order valence-electron chi connectivity index (χ0n) is 9.86. The highest BCUT2D eigenvalue weighted by atomic mass is 35.5. The van der Waals surface area contributed by atoms with E-state index in [4.69, 9.17) is 23.2 Å². The van der Waals surface area contributed by atoms with Gasteiger partial charge in [-0.15, -0.1) is 0 Å². The van der Waals surface area contributed by atoms with E-state index in [1.807, 2.05) is 42.5 Å². The van der Waals surface area contributed by atoms with Crippen LogP contribution < -0.4 is 5.32 Å². The van der Waals surface area contributed by atoms with E-state index in [1.165, 1.54) is 0 Å². The molecule has 19 heavy (non-hydrogen) atoms. The highest BCUT2D eigenvalue weighted by Gasteiger charge is 2.05. The fraction of sp³-hybridized carbons (Fsp3) is 0.0714. The van der Waals surface area contributed by atoms with Crippen LogP contribution in [0.1, 0.15) is 5.56 Å². The molecule has 0 saturated carbocycles. The molecule has 2 nitrogen and oxygen atoms in total. The summed E-state index contributed by atoms with van der Waals surface area (Å²) in [5.41, 5.74) is 1.97. The molecule has 0 fully saturated rings. The quantitative estimate of drug-likeness (QED) is 0.718. The van der Waals surface area contributed by atoms with Crippen LogP contribution in [0.4, 0.5) is 5.13 Å². The fourth-order valence-corrected chi connectivity index (χ4v) is 3.00. The number of thiazole rings is 1. The lowest BCUT2D eigenvalue weighted by Crippen LogP contribution is -1.99. The van der Waals surface area contributed by atoms with Gasteiger partial charge in [0.25, 0.3) is 0 Å². The molecule has 3 aromatic rings. The van der Waals surface area contributed by atoms with Gasteiger partial charge < -0.3 is 5.32 Å². The van der Waals surface area contributed by atoms with Crippen molar-refractivity contribution in [2.24, 2.45) is 0 Å². The standard InChI is InChI=1S/C14H10Cl2N2S/c15-10-5-6-13-12(7-10)18-14(19-13)17-8-9-3-1-2-4-11(9)16/h1-7H,8H2,(H,17,18). The first kappa shape index (κ1) is 12.7. The second kappa shape index (κ2) is 5.37. The predicted molar refractivity (Wildman–Crippen MR) is 83.4 cm³/mol. The summed E-state index contributed by atoms with van der Waals surface area (Å²) in [5, 5.41) is 5.63. The van der Waals surface area contributed by atoms with Crippen molar-refractivity contribution in [1.82, 2.24) is 4.98 Å². The molecule has 5 heteroatoms. The van der Waals surface area contributed by atoms with Gasteiger partial charge in [-0.05, 0) is 29.8 Å². The third kappa shape index (κ3) is 2.84. The third-order valence-corrected chi connectivity index (χ3v) is 4.34. The van der Waals surface area contributed by atoms with Crippen molar-refractivity contribution in [1.29, 1.82) is 0 Å². The molecule has 1 aromatic heterocycles. The summed E-state index contributed by atoms with van der Waals surface area (Å²) < 4.78 is 1.12. The minimum absolute atomic E-state index is 0.660. The first-order valence-corrected chi connectivity index (χ1v) is 7.33. The third-order valence-electron chi connectivity index (χ3n) is 2.74. The van der Waals surface area contributed by atoms with E-state index in [0.29, 0.717) is 11.6 Å². The molecular weight excluding hydrogens is 299 g/mol. The van der Waals surface area contributed by atoms with Gasteiger partial charge in [0.1, 0.15) is 0 Å². The predicted octanol–water partition coefficient (Wildman–Crippen LogP) is 5.22. The van der Waals surface area contributed by atoms with E-state index < -0.39 is 0 Å². The number of nitrogens with zero attached hydrogens (tertiary/aromatic N) is 1. The maximum atomic E-state index is 6.12. The number of benzene rings is 2. The molecule has 0 radical (unpaired) electrons. The van der Waals surface area contributed by atoms with Crippen LogP contribution in [0.3, 0.4) is 0 Å². The Hall–Kier alpha value is -1.29. The van der Waals surface area contributed by atoms with Crippen molar-refractivity contribution in [2.75, 3.05) is 5.32 Å². The lowest BCUT2D eigenvalue weighted by atomic mass is 10.2. The fourth-order valence-electron chi connectivity index (χ4n) is 1.79. The second-order valence-electron chi connectivity index (χ2n) is 4.08. The molecule has 0 atom stereocenters. The van der Waals surface area contributed by atoms with Crippen LogP contribution in [0, 0.1) is 0 Å². The number of fused-ring (bicyclic) bond motifs is 1. The van der Waals surface area contributed by atoms with E-state index >= 15 is 0 Å². The van der Waals surface area contributed by atoms with E-state index in [0.717, 1.165) is 25.9 Å². The van der Waals surface area contributed by atoms with E-state index in [2.05, 4.69) is 10.3 Å². The summed E-state index contributed by atoms with van der Waals surface area (Å²) in [6, 6.07) is 13.5. The van der Waals surface area contributed by atoms with Crippen LogP contribution in [0.25, 0.3) is 10.2 Å². The Morgan fingerprint density at radius 1 is 1.11 bits per heavy atom. The van der Waals surface area contributed by atoms with Crippen molar-refractivity contribution < 1.29 is 0 Å². The van der Waals surface area contributed by atoms with Gasteiger partial charge in [-0.3, -0.25) is 0 Å². The molecule has 1 N–H and O–H groups in total. The number of halogens is 2. The number of hydrogen-bond donors (Lipinski definition) is 1. The number of aromatic nitrogens is 1. The molecule has 0 aliphatic heterocycles. The van der Waals surface area contributed by atoms with Gasteiger partial charge in [0, 0.05) is 16.6 Å². The number of rotatable bonds is 3. The molecular formula is C14H10Cl2N2S. The van der Waals surface area contributed by atoms with Crippen LogP contribution in [0.15, 0.2) is 42.5 Å². The maximum absolute atomic E-state index is 6.12. The second-order valence-corrected chi connectivity index (χ2v) is 5.95. The Morgan fingerprint density at radius 2 is 1.95 bits per heavy atom. The largest absolute Gasteiger partial charge is 0.357 e. The van der Waals surface area contributed by atoms with Gasteiger partial charge in [-0.2, -0.15) is 0 Å². The molecule has 0 amide bonds. The smallest absolute Gasteiger partial charge is 0.184 e. The topological polar surface area (TPSA) is 24.9 Å². The van der Waals surface area contributed by atoms with Crippen LogP contribution in [0.2, 0.25) is 10.0 Å². The molecule has 0 bridgehead atoms. The summed E-state index contributed by atoms with van der Waals surface area (Å²) in [4.78, 5) is 4.50. The first-order chi connectivity index (χ1) is 9.22. The minimum Gasteiger partial charge on any atom is -0.357 e. The Morgan fingerprint density at radius 3 is 2.79 bits per heavy atom. The zero-order valence-corrected chi connectivity index (χ0v) is 12.2. The number of nitrogens with one attached hydrogen (secondary N) is 1. The van der Waals surface area contributed by atoms with Crippen LogP contribution in [-0.2, 0) is 6.54 Å². The van der Waals surface area contributed by atoms with Gasteiger partial charge in [-0.1, -0.05) is 52.7 Å². The Balaban J connectivity index is 1.80. The van der Waals surface area contributed by atoms with Gasteiger partial charge in [0.05, 0.1) is 10.2 Å². The summed E-state index contributed by atoms with van der Waals surface area (Å²) in [5.74, 6) is 0. The Kier molecular flexibility index (Phi) is 3.60. The van der Waals surface area contributed by atoms with Gasteiger partial charge in [-0.25, -0.2) is 4.98 Å². The van der Waals surface area contributed by atoms with E-state index in [9.17, 15) is 0 Å². The van der Waals surface area contributed by atoms with Gasteiger partial charge in [0.15, 0.2) is 5.13 Å². The monoisotopic (exact) mass is 308 g/mol. The normalized spacial score (nSPS) is 10.8. The molecule has 96 valence electrons. The average molecular weight is 309 g/mol. The summed E-state index contributed by atoms with van der Waals surface area (Å²) in [7, 11) is 0. The summed E-state index contributed by atoms with van der Waals surface area (Å²) >= 11 is 13.7. The van der Waals surface area contributed by atoms with Gasteiger partial charge in [0.2, 0.25) is 0 Å². The molecule has 2 aromatic carbocycles. The van der Waals surface area contributed by atoms with Gasteiger partial charge >= 0.3 is 0 Å². The van der Waals surface area contributed by atoms with Crippen molar-refractivity contribution >= 4 is 49.9 Å². The highest BCUT2D eigenvalue weighted by molar-refractivity contribution is 7.22. The van der Waals surface area contributed by atoms with Crippen molar-refractivity contribution in [3.8, 4) is 0 Å². The maximum Gasteiger partial charge on any atom is 0.184 e. The van der Waals surface area contributed by atoms with Crippen molar-refractivity contribution in [2.45, 2.75) is 6.54 Å². The molecule has 0 aliphatic rings. The molecule has 0 unspecified atom stereocenters. The summed E-state index contributed by atoms with van der Waals surface area (Å²) in [6.07, 6.45) is 0. The van der Waals surface area contributed by atoms with E-state index in [-0.39, 0.29) is 0 Å². The van der Waals surface area contributed by atoms with Crippen LogP contribution in [-0.4, -0.2) is 4.98 Å². The molecule has 0 aliphatic carbocycles. The lowest BCUT2D eigenvalue weighted by molar-refractivity contribution is 1.14. The number of anilines is 1. The average Bonchev–Trinajstić information content (AvgIpc) is 2.79. The van der Waals surface area contributed by atoms with E-state index in [1.54, 1.807) is 11.3 Å². The van der Waals surface area contributed by atoms with Crippen molar-refractivity contribution in [3.05, 3.63) is 58.1 Å². The van der Waals surface area contributed by atoms with Crippen LogP contribution in [0.5, 0.6) is 0 Å². The molecule has 3 rings (SSSR count). The number of hydrogen-bond acceptors (Lipinski definition) is 3. The SMILES string of the molecule is Clc1ccc2sc(NCc3ccccc3Cl)nc2c1.